The van der Waals surface area contributed by atoms with Gasteiger partial charge < -0.3 is 10.6 Å². The fourth-order valence-corrected chi connectivity index (χ4v) is 5.30. The zero-order chi connectivity index (χ0) is 21.8. The molecule has 3 aliphatic rings. The zero-order valence-corrected chi connectivity index (χ0v) is 18.4. The van der Waals surface area contributed by atoms with Crippen molar-refractivity contribution < 1.29 is 4.79 Å². The smallest absolute Gasteiger partial charge is 0.250 e. The summed E-state index contributed by atoms with van der Waals surface area (Å²) in [6.07, 6.45) is 4.92. The fourth-order valence-electron chi connectivity index (χ4n) is 5.30. The Morgan fingerprint density at radius 3 is 2.74 bits per heavy atom. The molecule has 0 bridgehead atoms. The van der Waals surface area contributed by atoms with Crippen LogP contribution in [0.15, 0.2) is 75.9 Å². The number of benzene rings is 1. The third kappa shape index (κ3) is 3.00. The van der Waals surface area contributed by atoms with Gasteiger partial charge in [-0.2, -0.15) is 10.2 Å². The SMILES string of the molecule is CC[C@@]1(c2cccc(-c3ccnc(C)c3)c2)C2=CN=NC2NC2=C1C(=O)NC(C)(C)C2. The van der Waals surface area contributed by atoms with E-state index >= 15 is 0 Å². The Morgan fingerprint density at radius 2 is 1.97 bits per heavy atom. The number of rotatable bonds is 3. The Balaban J connectivity index is 1.73. The van der Waals surface area contributed by atoms with E-state index in [1.807, 2.05) is 25.4 Å². The van der Waals surface area contributed by atoms with Gasteiger partial charge in [-0.25, -0.2) is 0 Å². The minimum Gasteiger partial charge on any atom is -0.362 e. The van der Waals surface area contributed by atoms with E-state index in [0.717, 1.165) is 52.1 Å². The molecule has 2 aromatic rings. The van der Waals surface area contributed by atoms with E-state index in [4.69, 9.17) is 0 Å². The second-order valence-electron chi connectivity index (χ2n) is 9.26. The Kier molecular flexibility index (Phi) is 4.36. The third-order valence-electron chi connectivity index (χ3n) is 6.62. The van der Waals surface area contributed by atoms with Crippen molar-refractivity contribution in [1.29, 1.82) is 0 Å². The number of pyridine rings is 1. The number of nitrogens with one attached hydrogen (secondary N) is 2. The van der Waals surface area contributed by atoms with Crippen molar-refractivity contribution in [2.75, 3.05) is 0 Å². The summed E-state index contributed by atoms with van der Waals surface area (Å²) in [5, 5.41) is 15.4. The molecule has 2 N–H and O–H groups in total. The second-order valence-corrected chi connectivity index (χ2v) is 9.26. The van der Waals surface area contributed by atoms with Crippen LogP contribution in [0.1, 0.15) is 44.9 Å². The zero-order valence-electron chi connectivity index (χ0n) is 18.4. The summed E-state index contributed by atoms with van der Waals surface area (Å²) in [6, 6.07) is 12.6. The first kappa shape index (κ1) is 19.7. The van der Waals surface area contributed by atoms with E-state index in [2.05, 4.69) is 76.9 Å². The summed E-state index contributed by atoms with van der Waals surface area (Å²) in [7, 11) is 0. The van der Waals surface area contributed by atoms with Crippen molar-refractivity contribution >= 4 is 5.91 Å². The lowest BCUT2D eigenvalue weighted by Gasteiger charge is -2.48. The van der Waals surface area contributed by atoms with E-state index in [1.165, 1.54) is 0 Å². The van der Waals surface area contributed by atoms with Crippen LogP contribution >= 0.6 is 0 Å². The highest BCUT2D eigenvalue weighted by Crippen LogP contribution is 2.51. The van der Waals surface area contributed by atoms with Crippen molar-refractivity contribution in [2.24, 2.45) is 10.2 Å². The van der Waals surface area contributed by atoms with Crippen LogP contribution in [0.5, 0.6) is 0 Å². The number of amides is 1. The average molecular weight is 414 g/mol. The minimum absolute atomic E-state index is 0.0167. The Morgan fingerprint density at radius 1 is 1.16 bits per heavy atom. The molecule has 0 saturated carbocycles. The van der Waals surface area contributed by atoms with Crippen molar-refractivity contribution in [3.8, 4) is 11.1 Å². The molecule has 1 unspecified atom stereocenters. The molecule has 0 saturated heterocycles. The molecular formula is C25H27N5O. The normalized spacial score (nSPS) is 26.0. The van der Waals surface area contributed by atoms with Crippen molar-refractivity contribution in [3.63, 3.8) is 0 Å². The molecule has 158 valence electrons. The van der Waals surface area contributed by atoms with Gasteiger partial charge >= 0.3 is 0 Å². The van der Waals surface area contributed by atoms with E-state index in [1.54, 1.807) is 0 Å². The van der Waals surface area contributed by atoms with Crippen LogP contribution in [0.3, 0.4) is 0 Å². The molecule has 1 aromatic heterocycles. The first-order valence-electron chi connectivity index (χ1n) is 10.8. The highest BCUT2D eigenvalue weighted by Gasteiger charge is 2.53. The number of azo groups is 1. The lowest BCUT2D eigenvalue weighted by Crippen LogP contribution is -2.58. The van der Waals surface area contributed by atoms with Gasteiger partial charge in [0.25, 0.3) is 5.91 Å². The Hall–Kier alpha value is -3.28. The van der Waals surface area contributed by atoms with Gasteiger partial charge in [0.1, 0.15) is 0 Å². The molecule has 6 nitrogen and oxygen atoms in total. The summed E-state index contributed by atoms with van der Waals surface area (Å²) in [5.74, 6) is -0.0167. The second kappa shape index (κ2) is 6.87. The predicted molar refractivity (Wildman–Crippen MR) is 120 cm³/mol. The van der Waals surface area contributed by atoms with Crippen LogP contribution in [-0.4, -0.2) is 22.6 Å². The van der Waals surface area contributed by atoms with Gasteiger partial charge in [0.15, 0.2) is 6.17 Å². The molecule has 3 aliphatic heterocycles. The molecule has 0 fully saturated rings. The van der Waals surface area contributed by atoms with Crippen molar-refractivity contribution in [3.05, 3.63) is 76.9 Å². The monoisotopic (exact) mass is 413 g/mol. The molecule has 0 aliphatic carbocycles. The standard InChI is InChI=1S/C25H27N5O/c1-5-25(18-8-6-7-16(12-18)17-9-10-26-15(2)11-17)19-14-27-30-22(19)28-20-13-24(3,4)29-23(31)21(20)25/h6-12,14,22,28H,5,13H2,1-4H3,(H,29,31)/t22?,25-/m1/s1. The van der Waals surface area contributed by atoms with Gasteiger partial charge in [-0.05, 0) is 62.1 Å². The minimum atomic E-state index is -0.576. The topological polar surface area (TPSA) is 78.7 Å². The molecule has 5 rings (SSSR count). The van der Waals surface area contributed by atoms with E-state index < -0.39 is 5.41 Å². The molecule has 0 radical (unpaired) electrons. The molecule has 6 heteroatoms. The van der Waals surface area contributed by atoms with Crippen LogP contribution < -0.4 is 10.6 Å². The molecule has 4 heterocycles. The van der Waals surface area contributed by atoms with Crippen molar-refractivity contribution in [1.82, 2.24) is 15.6 Å². The lowest BCUT2D eigenvalue weighted by atomic mass is 9.62. The molecule has 0 spiro atoms. The number of hydrogen-bond acceptors (Lipinski definition) is 5. The van der Waals surface area contributed by atoms with Gasteiger partial charge in [0.05, 0.1) is 17.2 Å². The quantitative estimate of drug-likeness (QED) is 0.776. The number of carbonyl (C=O) groups excluding carboxylic acids is 1. The molecule has 31 heavy (non-hydrogen) atoms. The average Bonchev–Trinajstić information content (AvgIpc) is 3.20. The number of aryl methyl sites for hydroxylation is 1. The maximum absolute atomic E-state index is 13.5. The van der Waals surface area contributed by atoms with Gasteiger partial charge in [0, 0.05) is 35.1 Å². The summed E-state index contributed by atoms with van der Waals surface area (Å²) >= 11 is 0. The number of aromatic nitrogens is 1. The fraction of sp³-hybridized carbons (Fsp3) is 0.360. The molecule has 1 aromatic carbocycles. The number of carbonyl (C=O) groups is 1. The van der Waals surface area contributed by atoms with Crippen LogP contribution in [0, 0.1) is 6.92 Å². The maximum atomic E-state index is 13.5. The van der Waals surface area contributed by atoms with Gasteiger partial charge in [-0.15, -0.1) is 0 Å². The summed E-state index contributed by atoms with van der Waals surface area (Å²) in [6.45, 7) is 8.24. The summed E-state index contributed by atoms with van der Waals surface area (Å²) < 4.78 is 0. The Bertz CT molecular complexity index is 1180. The van der Waals surface area contributed by atoms with Crippen LogP contribution in [0.2, 0.25) is 0 Å². The predicted octanol–water partition coefficient (Wildman–Crippen LogP) is 4.54. The largest absolute Gasteiger partial charge is 0.362 e. The van der Waals surface area contributed by atoms with Crippen LogP contribution in [-0.2, 0) is 10.2 Å². The molecule has 1 amide bonds. The third-order valence-corrected chi connectivity index (χ3v) is 6.62. The van der Waals surface area contributed by atoms with Crippen LogP contribution in [0.25, 0.3) is 11.1 Å². The number of fused-ring (bicyclic) bond motifs is 1. The highest BCUT2D eigenvalue weighted by atomic mass is 16.2. The van der Waals surface area contributed by atoms with E-state index in [9.17, 15) is 4.79 Å². The molecule has 2 atom stereocenters. The van der Waals surface area contributed by atoms with Crippen LogP contribution in [0.4, 0.5) is 0 Å². The maximum Gasteiger partial charge on any atom is 0.250 e. The van der Waals surface area contributed by atoms with Gasteiger partial charge in [-0.1, -0.05) is 25.1 Å². The van der Waals surface area contributed by atoms with Crippen molar-refractivity contribution in [2.45, 2.75) is 57.7 Å². The van der Waals surface area contributed by atoms with Gasteiger partial charge in [0.2, 0.25) is 0 Å². The summed E-state index contributed by atoms with van der Waals surface area (Å²) in [4.78, 5) is 17.8. The summed E-state index contributed by atoms with van der Waals surface area (Å²) in [5.41, 5.74) is 6.21. The number of hydrogen-bond donors (Lipinski definition) is 2. The first-order chi connectivity index (χ1) is 14.8. The van der Waals surface area contributed by atoms with E-state index in [0.29, 0.717) is 0 Å². The van der Waals surface area contributed by atoms with Gasteiger partial charge in [-0.3, -0.25) is 9.78 Å². The van der Waals surface area contributed by atoms with E-state index in [-0.39, 0.29) is 17.6 Å². The first-order valence-corrected chi connectivity index (χ1v) is 10.8. The number of nitrogens with zero attached hydrogens (tertiary/aromatic N) is 3. The molecular weight excluding hydrogens is 386 g/mol. The Labute approximate surface area is 182 Å². The lowest BCUT2D eigenvalue weighted by molar-refractivity contribution is -0.120. The highest BCUT2D eigenvalue weighted by molar-refractivity contribution is 6.00.